The molecule has 88 valence electrons. The molecule has 17 heavy (non-hydrogen) atoms. The molecule has 3 rings (SSSR count). The number of pyridine rings is 1. The molecule has 3 heteroatoms. The van der Waals surface area contributed by atoms with Crippen LogP contribution in [0.2, 0.25) is 0 Å². The van der Waals surface area contributed by atoms with Crippen molar-refractivity contribution >= 4 is 0 Å². The van der Waals surface area contributed by atoms with Crippen LogP contribution in [0.4, 0.5) is 0 Å². The summed E-state index contributed by atoms with van der Waals surface area (Å²) in [6, 6.07) is 3.43. The van der Waals surface area contributed by atoms with Crippen molar-refractivity contribution in [3.05, 3.63) is 57.0 Å². The van der Waals surface area contributed by atoms with Gasteiger partial charge >= 0.3 is 0 Å². The first-order valence-corrected chi connectivity index (χ1v) is 5.94. The number of rotatable bonds is 0. The van der Waals surface area contributed by atoms with Gasteiger partial charge in [-0.15, -0.1) is 0 Å². The Bertz CT molecular complexity index is 609. The monoisotopic (exact) mass is 228 g/mol. The van der Waals surface area contributed by atoms with E-state index in [4.69, 9.17) is 5.73 Å². The molecule has 2 aliphatic carbocycles. The number of aromatic nitrogens is 1. The van der Waals surface area contributed by atoms with Gasteiger partial charge in [-0.05, 0) is 43.0 Å². The van der Waals surface area contributed by atoms with Gasteiger partial charge in [-0.25, -0.2) is 0 Å². The predicted molar refractivity (Wildman–Crippen MR) is 67.6 cm³/mol. The fourth-order valence-corrected chi connectivity index (χ4v) is 3.29. The van der Waals surface area contributed by atoms with Crippen molar-refractivity contribution in [2.75, 3.05) is 0 Å². The fourth-order valence-electron chi connectivity index (χ4n) is 3.29. The van der Waals surface area contributed by atoms with Crippen LogP contribution >= 0.6 is 0 Å². The first-order valence-electron chi connectivity index (χ1n) is 5.94. The largest absolute Gasteiger partial charge is 0.326 e. The first-order chi connectivity index (χ1) is 8.07. The lowest BCUT2D eigenvalue weighted by molar-refractivity contribution is 0.538. The van der Waals surface area contributed by atoms with Crippen LogP contribution < -0.4 is 11.3 Å². The molecule has 1 aromatic heterocycles. The van der Waals surface area contributed by atoms with Crippen LogP contribution in [-0.4, -0.2) is 4.98 Å². The van der Waals surface area contributed by atoms with E-state index in [1.165, 1.54) is 11.1 Å². The zero-order valence-corrected chi connectivity index (χ0v) is 10.1. The van der Waals surface area contributed by atoms with Crippen LogP contribution in [0.1, 0.15) is 25.1 Å². The average molecular weight is 228 g/mol. The van der Waals surface area contributed by atoms with Crippen molar-refractivity contribution in [1.82, 2.24) is 4.98 Å². The summed E-state index contributed by atoms with van der Waals surface area (Å²) >= 11 is 0. The molecule has 3 nitrogen and oxygen atoms in total. The maximum atomic E-state index is 11.4. The van der Waals surface area contributed by atoms with Gasteiger partial charge in [-0.2, -0.15) is 0 Å². The quantitative estimate of drug-likeness (QED) is 0.663. The highest BCUT2D eigenvalue weighted by molar-refractivity contribution is 5.56. The van der Waals surface area contributed by atoms with Gasteiger partial charge in [0.2, 0.25) is 5.56 Å². The number of allylic oxidation sites excluding steroid dienone is 2. The third kappa shape index (κ3) is 1.17. The number of fused-ring (bicyclic) bond motifs is 4. The zero-order chi connectivity index (χ0) is 12.2. The molecule has 1 aromatic rings. The van der Waals surface area contributed by atoms with E-state index >= 15 is 0 Å². The maximum Gasteiger partial charge on any atom is 0.248 e. The van der Waals surface area contributed by atoms with Crippen LogP contribution in [0.25, 0.3) is 0 Å². The van der Waals surface area contributed by atoms with E-state index in [-0.39, 0.29) is 5.56 Å². The molecule has 0 saturated carbocycles. The van der Waals surface area contributed by atoms with Crippen LogP contribution in [0, 0.1) is 5.92 Å². The minimum atomic E-state index is -0.503. The minimum absolute atomic E-state index is 0.0478. The van der Waals surface area contributed by atoms with E-state index in [2.05, 4.69) is 24.1 Å². The molecule has 1 heterocycles. The Morgan fingerprint density at radius 2 is 2.29 bits per heavy atom. The Balaban J connectivity index is 2.33. The lowest BCUT2D eigenvalue weighted by atomic mass is 9.73. The van der Waals surface area contributed by atoms with Crippen LogP contribution in [0.5, 0.6) is 0 Å². The Morgan fingerprint density at radius 1 is 1.53 bits per heavy atom. The van der Waals surface area contributed by atoms with Crippen molar-refractivity contribution in [3.63, 3.8) is 0 Å². The highest BCUT2D eigenvalue weighted by atomic mass is 16.1. The molecule has 0 unspecified atom stereocenters. The molecular weight excluding hydrogens is 212 g/mol. The Kier molecular flexibility index (Phi) is 1.98. The fraction of sp³-hybridized carbons (Fsp3) is 0.357. The Morgan fingerprint density at radius 3 is 3.00 bits per heavy atom. The third-order valence-corrected chi connectivity index (χ3v) is 4.09. The lowest BCUT2D eigenvalue weighted by Gasteiger charge is -2.36. The summed E-state index contributed by atoms with van der Waals surface area (Å²) in [6.45, 7) is 4.11. The summed E-state index contributed by atoms with van der Waals surface area (Å²) in [6.07, 6.45) is 5.20. The molecule has 2 aliphatic rings. The summed E-state index contributed by atoms with van der Waals surface area (Å²) in [5.41, 5.74) is 10.5. The summed E-state index contributed by atoms with van der Waals surface area (Å²) < 4.78 is 0. The number of aromatic amines is 1. The molecular formula is C14H16N2O. The topological polar surface area (TPSA) is 58.9 Å². The van der Waals surface area contributed by atoms with Crippen molar-refractivity contribution in [2.24, 2.45) is 11.7 Å². The number of hydrogen-bond donors (Lipinski definition) is 2. The van der Waals surface area contributed by atoms with Gasteiger partial charge in [0.15, 0.2) is 0 Å². The summed E-state index contributed by atoms with van der Waals surface area (Å²) in [4.78, 5) is 14.3. The molecule has 0 amide bonds. The second-order valence-corrected chi connectivity index (χ2v) is 4.93. The summed E-state index contributed by atoms with van der Waals surface area (Å²) in [7, 11) is 0. The predicted octanol–water partition coefficient (Wildman–Crippen LogP) is 1.61. The van der Waals surface area contributed by atoms with Gasteiger partial charge in [0, 0.05) is 17.7 Å². The standard InChI is InChI=1S/C14H16N2O/c1-3-10-9-6-8(2)14(10,15)11-4-5-13(17)16-12(11)7-9/h3-6,9H,7,15H2,1-2H3,(H,16,17)/b10-3+/t9-,14+/m1/s1. The van der Waals surface area contributed by atoms with Gasteiger partial charge in [0.25, 0.3) is 0 Å². The summed E-state index contributed by atoms with van der Waals surface area (Å²) in [5, 5.41) is 0. The SMILES string of the molecule is C/C=C1\[C@@H]2C=C(C)[C@@]1(N)c1ccc(=O)[nH]c1C2. The first kappa shape index (κ1) is 10.5. The van der Waals surface area contributed by atoms with Crippen LogP contribution in [-0.2, 0) is 12.0 Å². The van der Waals surface area contributed by atoms with Crippen molar-refractivity contribution < 1.29 is 0 Å². The average Bonchev–Trinajstić information content (AvgIpc) is 2.45. The molecule has 0 spiro atoms. The highest BCUT2D eigenvalue weighted by Gasteiger charge is 2.46. The molecule has 0 aromatic carbocycles. The van der Waals surface area contributed by atoms with Gasteiger partial charge in [-0.1, -0.05) is 12.2 Å². The van der Waals surface area contributed by atoms with Gasteiger partial charge < -0.3 is 10.7 Å². The Hall–Kier alpha value is -1.61. The number of nitrogens with one attached hydrogen (secondary N) is 1. The van der Waals surface area contributed by atoms with E-state index in [0.29, 0.717) is 5.92 Å². The maximum absolute atomic E-state index is 11.4. The second-order valence-electron chi connectivity index (χ2n) is 4.93. The smallest absolute Gasteiger partial charge is 0.248 e. The molecule has 0 fully saturated rings. The van der Waals surface area contributed by atoms with E-state index in [1.807, 2.05) is 13.0 Å². The van der Waals surface area contributed by atoms with E-state index < -0.39 is 5.54 Å². The number of nitrogens with two attached hydrogens (primary N) is 1. The Labute approximate surface area is 100 Å². The van der Waals surface area contributed by atoms with Gasteiger partial charge in [-0.3, -0.25) is 4.79 Å². The van der Waals surface area contributed by atoms with Gasteiger partial charge in [0.05, 0.1) is 5.54 Å². The molecule has 0 aliphatic heterocycles. The van der Waals surface area contributed by atoms with Gasteiger partial charge in [0.1, 0.15) is 0 Å². The molecule has 2 bridgehead atoms. The van der Waals surface area contributed by atoms with E-state index in [1.54, 1.807) is 6.07 Å². The van der Waals surface area contributed by atoms with Crippen molar-refractivity contribution in [2.45, 2.75) is 25.8 Å². The normalized spacial score (nSPS) is 32.5. The van der Waals surface area contributed by atoms with Crippen LogP contribution in [0.3, 0.4) is 0 Å². The lowest BCUT2D eigenvalue weighted by Crippen LogP contribution is -2.43. The summed E-state index contributed by atoms with van der Waals surface area (Å²) in [5.74, 6) is 0.343. The highest BCUT2D eigenvalue weighted by Crippen LogP contribution is 2.49. The van der Waals surface area contributed by atoms with E-state index in [0.717, 1.165) is 17.7 Å². The molecule has 2 atom stereocenters. The van der Waals surface area contributed by atoms with Crippen molar-refractivity contribution in [1.29, 1.82) is 0 Å². The third-order valence-electron chi connectivity index (χ3n) is 4.09. The number of H-pyrrole nitrogens is 1. The zero-order valence-electron chi connectivity index (χ0n) is 10.1. The molecule has 0 radical (unpaired) electrons. The van der Waals surface area contributed by atoms with Crippen LogP contribution in [0.15, 0.2) is 40.2 Å². The second kappa shape index (κ2) is 3.20. The van der Waals surface area contributed by atoms with E-state index in [9.17, 15) is 4.79 Å². The molecule has 3 N–H and O–H groups in total. The van der Waals surface area contributed by atoms with Crippen molar-refractivity contribution in [3.8, 4) is 0 Å². The number of hydrogen-bond acceptors (Lipinski definition) is 2. The minimum Gasteiger partial charge on any atom is -0.326 e. The molecule has 0 saturated heterocycles.